The van der Waals surface area contributed by atoms with Crippen molar-refractivity contribution in [1.29, 1.82) is 0 Å². The Morgan fingerprint density at radius 3 is 2.69 bits per heavy atom. The van der Waals surface area contributed by atoms with E-state index in [-0.39, 0.29) is 41.5 Å². The number of carbonyl (C=O) groups excluding carboxylic acids is 3. The molecule has 1 atom stereocenters. The van der Waals surface area contributed by atoms with Crippen LogP contribution in [0.25, 0.3) is 0 Å². The maximum Gasteiger partial charge on any atom is 0.338 e. The predicted molar refractivity (Wildman–Crippen MR) is 112 cm³/mol. The summed E-state index contributed by atoms with van der Waals surface area (Å²) in [6.07, 6.45) is 0. The molecule has 0 aliphatic carbocycles. The van der Waals surface area contributed by atoms with Crippen LogP contribution in [-0.4, -0.2) is 45.9 Å². The van der Waals surface area contributed by atoms with Crippen molar-refractivity contribution in [2.24, 2.45) is 0 Å². The van der Waals surface area contributed by atoms with Gasteiger partial charge in [0.05, 0.1) is 28.8 Å². The number of hydrogen-bond acceptors (Lipinski definition) is 9. The summed E-state index contributed by atoms with van der Waals surface area (Å²) in [5, 5.41) is 22.1. The first-order chi connectivity index (χ1) is 15.2. The average Bonchev–Trinajstić information content (AvgIpc) is 3.34. The number of nitrogens with one attached hydrogen (secondary N) is 2. The molecule has 0 unspecified atom stereocenters. The number of thiophene rings is 1. The van der Waals surface area contributed by atoms with Crippen molar-refractivity contribution in [1.82, 2.24) is 20.4 Å². The van der Waals surface area contributed by atoms with E-state index in [1.807, 2.05) is 0 Å². The van der Waals surface area contributed by atoms with Crippen molar-refractivity contribution < 1.29 is 28.8 Å². The van der Waals surface area contributed by atoms with Gasteiger partial charge in [-0.1, -0.05) is 6.07 Å². The van der Waals surface area contributed by atoms with Crippen LogP contribution in [0.4, 0.5) is 10.5 Å². The second kappa shape index (κ2) is 9.60. The number of rotatable bonds is 8. The minimum atomic E-state index is -0.754. The molecule has 32 heavy (non-hydrogen) atoms. The van der Waals surface area contributed by atoms with E-state index in [4.69, 9.17) is 9.47 Å². The van der Waals surface area contributed by atoms with Gasteiger partial charge in [0.1, 0.15) is 24.5 Å². The number of nitrogens with zero attached hydrogens (tertiary/aromatic N) is 3. The first kappa shape index (κ1) is 22.9. The normalized spacial score (nSPS) is 15.7. The summed E-state index contributed by atoms with van der Waals surface area (Å²) in [6.45, 7) is 3.95. The Hall–Kier alpha value is -3.74. The smallest absolute Gasteiger partial charge is 0.338 e. The first-order valence-corrected chi connectivity index (χ1v) is 10.5. The van der Waals surface area contributed by atoms with Gasteiger partial charge in [0.15, 0.2) is 0 Å². The van der Waals surface area contributed by atoms with Crippen LogP contribution in [0.3, 0.4) is 0 Å². The van der Waals surface area contributed by atoms with E-state index in [9.17, 15) is 24.5 Å². The molecule has 0 radical (unpaired) electrons. The van der Waals surface area contributed by atoms with E-state index in [2.05, 4.69) is 15.7 Å². The van der Waals surface area contributed by atoms with Crippen LogP contribution >= 0.6 is 11.3 Å². The third-order valence-corrected chi connectivity index (χ3v) is 5.60. The lowest BCUT2D eigenvalue weighted by Gasteiger charge is -2.28. The molecule has 2 aromatic heterocycles. The van der Waals surface area contributed by atoms with E-state index < -0.39 is 35.5 Å². The lowest BCUT2D eigenvalue weighted by atomic mass is 10.0. The molecule has 3 heterocycles. The fourth-order valence-electron chi connectivity index (χ4n) is 3.28. The van der Waals surface area contributed by atoms with E-state index in [1.165, 1.54) is 29.9 Å². The van der Waals surface area contributed by atoms with Gasteiger partial charge in [-0.05, 0) is 32.2 Å². The SMILES string of the molecule is CCOC(=O)C1=C(COC(=O)Cn2nc(C)c([N+](=O)[O-])c2C)NC(=O)N[C@H]1c1cccs1. The molecule has 0 saturated heterocycles. The van der Waals surface area contributed by atoms with Gasteiger partial charge in [0, 0.05) is 4.88 Å². The number of esters is 2. The topological polar surface area (TPSA) is 155 Å². The molecule has 2 aromatic rings. The van der Waals surface area contributed by atoms with Crippen LogP contribution in [0.15, 0.2) is 28.8 Å². The summed E-state index contributed by atoms with van der Waals surface area (Å²) < 4.78 is 11.6. The van der Waals surface area contributed by atoms with Gasteiger partial charge in [0.25, 0.3) is 0 Å². The van der Waals surface area contributed by atoms with Gasteiger partial charge in [-0.2, -0.15) is 5.10 Å². The van der Waals surface area contributed by atoms with Gasteiger partial charge in [-0.15, -0.1) is 11.3 Å². The molecule has 0 saturated carbocycles. The Morgan fingerprint density at radius 1 is 1.34 bits per heavy atom. The highest BCUT2D eigenvalue weighted by Crippen LogP contribution is 2.30. The Morgan fingerprint density at radius 2 is 2.09 bits per heavy atom. The van der Waals surface area contributed by atoms with Crippen molar-refractivity contribution in [3.8, 4) is 0 Å². The molecule has 170 valence electrons. The van der Waals surface area contributed by atoms with Crippen LogP contribution in [0.1, 0.15) is 29.2 Å². The van der Waals surface area contributed by atoms with E-state index in [1.54, 1.807) is 24.4 Å². The molecule has 3 rings (SSSR count). The summed E-state index contributed by atoms with van der Waals surface area (Å²) in [5.41, 5.74) is 0.442. The second-order valence-electron chi connectivity index (χ2n) is 6.75. The van der Waals surface area contributed by atoms with Gasteiger partial charge >= 0.3 is 23.7 Å². The minimum Gasteiger partial charge on any atom is -0.463 e. The maximum atomic E-state index is 12.6. The van der Waals surface area contributed by atoms with Crippen LogP contribution in [-0.2, 0) is 25.6 Å². The highest BCUT2D eigenvalue weighted by Gasteiger charge is 2.35. The van der Waals surface area contributed by atoms with Gasteiger partial charge < -0.3 is 20.1 Å². The Bertz CT molecular complexity index is 1090. The predicted octanol–water partition coefficient (Wildman–Crippen LogP) is 1.88. The molecule has 0 spiro atoms. The number of aromatic nitrogens is 2. The van der Waals surface area contributed by atoms with Gasteiger partial charge in [0.2, 0.25) is 0 Å². The molecule has 2 amide bonds. The first-order valence-electron chi connectivity index (χ1n) is 9.58. The fourth-order valence-corrected chi connectivity index (χ4v) is 4.06. The summed E-state index contributed by atoms with van der Waals surface area (Å²) >= 11 is 1.35. The zero-order valence-electron chi connectivity index (χ0n) is 17.5. The van der Waals surface area contributed by atoms with Gasteiger partial charge in [-0.25, -0.2) is 9.59 Å². The Balaban J connectivity index is 1.81. The molecular formula is C19H21N5O7S. The van der Waals surface area contributed by atoms with Crippen molar-refractivity contribution >= 4 is 35.0 Å². The van der Waals surface area contributed by atoms with Crippen LogP contribution in [0.5, 0.6) is 0 Å². The number of carbonyl (C=O) groups is 3. The number of aryl methyl sites for hydroxylation is 1. The van der Waals surface area contributed by atoms with Crippen molar-refractivity contribution in [2.45, 2.75) is 33.4 Å². The number of hydrogen-bond donors (Lipinski definition) is 2. The van der Waals surface area contributed by atoms with E-state index >= 15 is 0 Å². The van der Waals surface area contributed by atoms with Crippen molar-refractivity contribution in [2.75, 3.05) is 13.2 Å². The van der Waals surface area contributed by atoms with E-state index in [0.717, 1.165) is 0 Å². The van der Waals surface area contributed by atoms with Crippen molar-refractivity contribution in [3.63, 3.8) is 0 Å². The Kier molecular flexibility index (Phi) is 6.88. The lowest BCUT2D eigenvalue weighted by Crippen LogP contribution is -2.47. The summed E-state index contributed by atoms with van der Waals surface area (Å²) in [4.78, 5) is 48.4. The minimum absolute atomic E-state index is 0.0956. The number of nitro groups is 1. The third kappa shape index (κ3) is 4.77. The summed E-state index contributed by atoms with van der Waals surface area (Å²) in [5.74, 6) is -1.40. The summed E-state index contributed by atoms with van der Waals surface area (Å²) in [7, 11) is 0. The second-order valence-corrected chi connectivity index (χ2v) is 7.73. The molecule has 2 N–H and O–H groups in total. The molecule has 0 fully saturated rings. The van der Waals surface area contributed by atoms with Gasteiger partial charge in [-0.3, -0.25) is 19.6 Å². The molecule has 12 nitrogen and oxygen atoms in total. The summed E-state index contributed by atoms with van der Waals surface area (Å²) in [6, 6.07) is 2.23. The fraction of sp³-hybridized carbons (Fsp3) is 0.368. The van der Waals surface area contributed by atoms with Crippen LogP contribution in [0.2, 0.25) is 0 Å². The third-order valence-electron chi connectivity index (χ3n) is 4.66. The Labute approximate surface area is 186 Å². The molecule has 13 heteroatoms. The highest BCUT2D eigenvalue weighted by molar-refractivity contribution is 7.10. The molecule has 1 aliphatic heterocycles. The number of ether oxygens (including phenoxy) is 2. The zero-order valence-corrected chi connectivity index (χ0v) is 18.4. The standard InChI is InChI=1S/C19H21N5O7S/c1-4-30-18(26)15-12(20-19(27)21-16(15)13-6-5-7-32-13)9-31-14(25)8-23-11(3)17(24(28)29)10(2)22-23/h5-7,16H,4,8-9H2,1-3H3,(H2,20,21,27)/t16-/m0/s1. The molecule has 1 aliphatic rings. The van der Waals surface area contributed by atoms with Crippen LogP contribution < -0.4 is 10.6 Å². The highest BCUT2D eigenvalue weighted by atomic mass is 32.1. The monoisotopic (exact) mass is 463 g/mol. The number of urea groups is 1. The van der Waals surface area contributed by atoms with E-state index in [0.29, 0.717) is 4.88 Å². The lowest BCUT2D eigenvalue weighted by molar-refractivity contribution is -0.386. The van der Waals surface area contributed by atoms with Crippen LogP contribution in [0, 0.1) is 24.0 Å². The average molecular weight is 463 g/mol. The molecular weight excluding hydrogens is 442 g/mol. The largest absolute Gasteiger partial charge is 0.463 e. The van der Waals surface area contributed by atoms with Crippen molar-refractivity contribution in [3.05, 3.63) is 55.2 Å². The quantitative estimate of drug-likeness (QED) is 0.342. The maximum absolute atomic E-state index is 12.6. The zero-order chi connectivity index (χ0) is 23.4. The molecule has 0 aromatic carbocycles. The molecule has 0 bridgehead atoms. The number of amides is 2.